The second-order valence-electron chi connectivity index (χ2n) is 3.52. The summed E-state index contributed by atoms with van der Waals surface area (Å²) in [6, 6.07) is -0.588. The summed E-state index contributed by atoms with van der Waals surface area (Å²) in [5, 5.41) is 3.92. The molecule has 0 saturated heterocycles. The second kappa shape index (κ2) is 3.56. The number of rotatable bonds is 1. The summed E-state index contributed by atoms with van der Waals surface area (Å²) in [4.78, 5) is 10.3. The van der Waals surface area contributed by atoms with E-state index in [1.807, 2.05) is 0 Å². The van der Waals surface area contributed by atoms with Crippen LogP contribution in [-0.4, -0.2) is 11.7 Å². The van der Waals surface area contributed by atoms with Gasteiger partial charge in [0.2, 0.25) is 0 Å². The largest absolute Gasteiger partial charge is 0.350 e. The molecule has 68 valence electrons. The van der Waals surface area contributed by atoms with E-state index in [9.17, 15) is 4.79 Å². The predicted octanol–water partition coefficient (Wildman–Crippen LogP) is 1.08. The Labute approximate surface area is 72.2 Å². The summed E-state index contributed by atoms with van der Waals surface area (Å²) >= 11 is 0. The molecular weight excluding hydrogens is 154 g/mol. The first-order valence-electron chi connectivity index (χ1n) is 4.20. The first-order valence-corrected chi connectivity index (χ1v) is 4.20. The molecule has 4 nitrogen and oxygen atoms in total. The Bertz CT molecular complexity index is 200. The predicted molar refractivity (Wildman–Crippen MR) is 47.7 cm³/mol. The van der Waals surface area contributed by atoms with Crippen LogP contribution >= 0.6 is 0 Å². The van der Waals surface area contributed by atoms with Crippen LogP contribution in [0.25, 0.3) is 0 Å². The first kappa shape index (κ1) is 9.03. The highest BCUT2D eigenvalue weighted by Crippen LogP contribution is 2.28. The maximum atomic E-state index is 10.3. The van der Waals surface area contributed by atoms with E-state index in [4.69, 9.17) is 5.73 Å². The fourth-order valence-electron chi connectivity index (χ4n) is 1.45. The zero-order valence-electron chi connectivity index (χ0n) is 7.50. The summed E-state index contributed by atoms with van der Waals surface area (Å²) in [6.07, 6.45) is 1.95. The lowest BCUT2D eigenvalue weighted by molar-refractivity contribution is 0.249. The van der Waals surface area contributed by atoms with Crippen molar-refractivity contribution in [2.75, 3.05) is 0 Å². The van der Waals surface area contributed by atoms with Gasteiger partial charge in [-0.05, 0) is 24.7 Å². The summed E-state index contributed by atoms with van der Waals surface area (Å²) in [5.74, 6) is 1.33. The van der Waals surface area contributed by atoms with Gasteiger partial charge in [0.05, 0.1) is 0 Å². The Morgan fingerprint density at radius 3 is 2.42 bits per heavy atom. The van der Waals surface area contributed by atoms with E-state index in [0.717, 1.165) is 18.6 Å². The number of carbonyl (C=O) groups excluding carboxylic acids is 1. The molecule has 0 aromatic heterocycles. The maximum Gasteiger partial charge on any atom is 0.332 e. The van der Waals surface area contributed by atoms with Crippen molar-refractivity contribution < 1.29 is 4.79 Å². The molecule has 12 heavy (non-hydrogen) atoms. The van der Waals surface area contributed by atoms with Gasteiger partial charge >= 0.3 is 6.03 Å². The Morgan fingerprint density at radius 2 is 2.00 bits per heavy atom. The number of nitrogens with two attached hydrogens (primary N) is 1. The van der Waals surface area contributed by atoms with Gasteiger partial charge in [-0.2, -0.15) is 5.10 Å². The van der Waals surface area contributed by atoms with E-state index in [0.29, 0.717) is 11.8 Å². The average molecular weight is 169 g/mol. The van der Waals surface area contributed by atoms with Crippen LogP contribution in [0.2, 0.25) is 0 Å². The number of nitrogens with one attached hydrogen (secondary N) is 1. The third-order valence-electron chi connectivity index (χ3n) is 2.41. The zero-order chi connectivity index (χ0) is 9.14. The van der Waals surface area contributed by atoms with Gasteiger partial charge in [-0.25, -0.2) is 10.2 Å². The van der Waals surface area contributed by atoms with E-state index >= 15 is 0 Å². The Morgan fingerprint density at radius 1 is 1.50 bits per heavy atom. The molecule has 3 N–H and O–H groups in total. The molecule has 1 aliphatic rings. The van der Waals surface area contributed by atoms with Crippen LogP contribution in [0, 0.1) is 11.8 Å². The number of nitrogens with zero attached hydrogens (tertiary/aromatic N) is 1. The maximum absolute atomic E-state index is 10.3. The minimum atomic E-state index is -0.588. The molecule has 0 radical (unpaired) electrons. The number of amides is 2. The molecule has 1 fully saturated rings. The molecule has 0 aromatic rings. The lowest BCUT2D eigenvalue weighted by atomic mass is 10.0. The van der Waals surface area contributed by atoms with E-state index < -0.39 is 6.03 Å². The van der Waals surface area contributed by atoms with Gasteiger partial charge < -0.3 is 5.73 Å². The molecule has 4 heteroatoms. The quantitative estimate of drug-likeness (QED) is 0.566. The molecule has 0 aliphatic heterocycles. The monoisotopic (exact) mass is 169 g/mol. The molecule has 0 spiro atoms. The highest BCUT2D eigenvalue weighted by Gasteiger charge is 2.24. The van der Waals surface area contributed by atoms with Crippen molar-refractivity contribution in [2.45, 2.75) is 26.7 Å². The molecule has 2 atom stereocenters. The molecule has 0 bridgehead atoms. The van der Waals surface area contributed by atoms with E-state index in [1.54, 1.807) is 0 Å². The highest BCUT2D eigenvalue weighted by molar-refractivity contribution is 5.87. The van der Waals surface area contributed by atoms with Gasteiger partial charge in [-0.15, -0.1) is 0 Å². The zero-order valence-corrected chi connectivity index (χ0v) is 7.50. The van der Waals surface area contributed by atoms with Crippen LogP contribution in [0.4, 0.5) is 4.79 Å². The molecule has 1 aliphatic carbocycles. The van der Waals surface area contributed by atoms with E-state index in [2.05, 4.69) is 24.4 Å². The minimum absolute atomic E-state index is 0.588. The van der Waals surface area contributed by atoms with Crippen molar-refractivity contribution in [1.82, 2.24) is 5.43 Å². The second-order valence-corrected chi connectivity index (χ2v) is 3.52. The highest BCUT2D eigenvalue weighted by atomic mass is 16.2. The molecule has 0 heterocycles. The van der Waals surface area contributed by atoms with Gasteiger partial charge in [0.1, 0.15) is 0 Å². The lowest BCUT2D eigenvalue weighted by Crippen LogP contribution is -2.25. The number of urea groups is 1. The van der Waals surface area contributed by atoms with Crippen molar-refractivity contribution in [3.8, 4) is 0 Å². The van der Waals surface area contributed by atoms with E-state index in [1.165, 1.54) is 0 Å². The number of hydrogen-bond donors (Lipinski definition) is 2. The van der Waals surface area contributed by atoms with Crippen molar-refractivity contribution in [2.24, 2.45) is 22.7 Å². The standard InChI is InChI=1S/C8H15N3O/c1-5-3-7(4-6(5)2)10-11-8(9)12/h5-6H,3-4H2,1-2H3,(H3,9,11,12)/t5-,6-/m1/s1. The van der Waals surface area contributed by atoms with Gasteiger partial charge in [0.15, 0.2) is 0 Å². The van der Waals surface area contributed by atoms with Gasteiger partial charge in [0, 0.05) is 5.71 Å². The summed E-state index contributed by atoms with van der Waals surface area (Å²) < 4.78 is 0. The van der Waals surface area contributed by atoms with Crippen LogP contribution in [-0.2, 0) is 0 Å². The average Bonchev–Trinajstić information content (AvgIpc) is 2.28. The van der Waals surface area contributed by atoms with E-state index in [-0.39, 0.29) is 0 Å². The van der Waals surface area contributed by atoms with Crippen LogP contribution in [0.5, 0.6) is 0 Å². The van der Waals surface area contributed by atoms with Crippen LogP contribution < -0.4 is 11.2 Å². The lowest BCUT2D eigenvalue weighted by Gasteiger charge is -2.04. The molecule has 1 saturated carbocycles. The Kier molecular flexibility index (Phi) is 2.68. The van der Waals surface area contributed by atoms with Gasteiger partial charge in [-0.1, -0.05) is 13.8 Å². The first-order chi connectivity index (χ1) is 5.59. The molecular formula is C8H15N3O. The number of primary amides is 1. The normalized spacial score (nSPS) is 28.7. The minimum Gasteiger partial charge on any atom is -0.350 e. The van der Waals surface area contributed by atoms with Crippen molar-refractivity contribution in [3.63, 3.8) is 0 Å². The molecule has 0 unspecified atom stereocenters. The molecule has 1 rings (SSSR count). The van der Waals surface area contributed by atoms with Crippen molar-refractivity contribution in [3.05, 3.63) is 0 Å². The summed E-state index contributed by atoms with van der Waals surface area (Å²) in [6.45, 7) is 4.38. The summed E-state index contributed by atoms with van der Waals surface area (Å²) in [7, 11) is 0. The SMILES string of the molecule is C[C@@H]1CC(=NNC(N)=O)C[C@H]1C. The number of hydrazone groups is 1. The number of carbonyl (C=O) groups is 1. The summed E-state index contributed by atoms with van der Waals surface area (Å²) in [5.41, 5.74) is 8.19. The Hall–Kier alpha value is -1.06. The fraction of sp³-hybridized carbons (Fsp3) is 0.750. The van der Waals surface area contributed by atoms with Crippen LogP contribution in [0.1, 0.15) is 26.7 Å². The Balaban J connectivity index is 2.45. The van der Waals surface area contributed by atoms with Crippen molar-refractivity contribution >= 4 is 11.7 Å². The van der Waals surface area contributed by atoms with Crippen LogP contribution in [0.15, 0.2) is 5.10 Å². The smallest absolute Gasteiger partial charge is 0.332 e. The molecule has 2 amide bonds. The van der Waals surface area contributed by atoms with Gasteiger partial charge in [-0.3, -0.25) is 0 Å². The topological polar surface area (TPSA) is 67.5 Å². The molecule has 0 aromatic carbocycles. The van der Waals surface area contributed by atoms with Crippen molar-refractivity contribution in [1.29, 1.82) is 0 Å². The third kappa shape index (κ3) is 2.22. The van der Waals surface area contributed by atoms with Crippen LogP contribution in [0.3, 0.4) is 0 Å². The van der Waals surface area contributed by atoms with Gasteiger partial charge in [0.25, 0.3) is 0 Å². The number of hydrogen-bond acceptors (Lipinski definition) is 2. The third-order valence-corrected chi connectivity index (χ3v) is 2.41. The fourth-order valence-corrected chi connectivity index (χ4v) is 1.45.